The molecule has 0 heterocycles. The summed E-state index contributed by atoms with van der Waals surface area (Å²) in [7, 11) is 0. The summed E-state index contributed by atoms with van der Waals surface area (Å²) < 4.78 is 0. The molecule has 0 fully saturated rings. The van der Waals surface area contributed by atoms with Crippen LogP contribution in [0.25, 0.3) is 0 Å². The van der Waals surface area contributed by atoms with E-state index in [1.54, 1.807) is 0 Å². The first-order chi connectivity index (χ1) is 8.19. The highest BCUT2D eigenvalue weighted by Gasteiger charge is 2.13. The van der Waals surface area contributed by atoms with Crippen molar-refractivity contribution in [3.05, 3.63) is 33.8 Å². The lowest BCUT2D eigenvalue weighted by atomic mass is 9.95. The van der Waals surface area contributed by atoms with E-state index in [1.165, 1.54) is 12.8 Å². The molecule has 96 valence electrons. The van der Waals surface area contributed by atoms with Crippen molar-refractivity contribution in [3.63, 3.8) is 0 Å². The smallest absolute Gasteiger partial charge is 0.0452 e. The van der Waals surface area contributed by atoms with Crippen LogP contribution in [0.3, 0.4) is 0 Å². The molecule has 0 bridgehead atoms. The summed E-state index contributed by atoms with van der Waals surface area (Å²) in [4.78, 5) is 0. The maximum atomic E-state index is 6.20. The van der Waals surface area contributed by atoms with Gasteiger partial charge in [0.15, 0.2) is 0 Å². The fraction of sp³-hybridized carbons (Fsp3) is 0.571. The molecule has 1 atom stereocenters. The van der Waals surface area contributed by atoms with E-state index in [4.69, 9.17) is 23.2 Å². The van der Waals surface area contributed by atoms with E-state index in [0.29, 0.717) is 5.92 Å². The van der Waals surface area contributed by atoms with Gasteiger partial charge in [0.2, 0.25) is 0 Å². The third kappa shape index (κ3) is 4.87. The van der Waals surface area contributed by atoms with Crippen LogP contribution in [0.4, 0.5) is 0 Å². The Labute approximate surface area is 115 Å². The normalized spacial score (nSPS) is 12.7. The van der Waals surface area contributed by atoms with Gasteiger partial charge >= 0.3 is 0 Å². The van der Waals surface area contributed by atoms with E-state index < -0.39 is 0 Å². The highest BCUT2D eigenvalue weighted by molar-refractivity contribution is 6.35. The molecule has 0 aliphatic heterocycles. The van der Waals surface area contributed by atoms with E-state index in [2.05, 4.69) is 19.2 Å². The molecule has 0 saturated heterocycles. The molecule has 0 saturated carbocycles. The standard InChI is InChI=1S/C14H21Cl2N/c1-3-6-11(10-17-4-2)9-12-13(15)7-5-8-14(12)16/h5,7-8,11,17H,3-4,6,9-10H2,1-2H3. The number of hydrogen-bond acceptors (Lipinski definition) is 1. The molecule has 1 rings (SSSR count). The minimum Gasteiger partial charge on any atom is -0.317 e. The van der Waals surface area contributed by atoms with Gasteiger partial charge in [-0.1, -0.05) is 49.5 Å². The van der Waals surface area contributed by atoms with Crippen LogP contribution in [0, 0.1) is 5.92 Å². The summed E-state index contributed by atoms with van der Waals surface area (Å²) in [6.07, 6.45) is 3.35. The Bertz CT molecular complexity index is 319. The second-order valence-electron chi connectivity index (χ2n) is 4.37. The third-order valence-electron chi connectivity index (χ3n) is 2.93. The average Bonchev–Trinajstić information content (AvgIpc) is 2.31. The van der Waals surface area contributed by atoms with Crippen LogP contribution in [0.2, 0.25) is 10.0 Å². The van der Waals surface area contributed by atoms with Crippen LogP contribution in [-0.4, -0.2) is 13.1 Å². The maximum absolute atomic E-state index is 6.20. The minimum absolute atomic E-state index is 0.609. The molecule has 0 aliphatic carbocycles. The Morgan fingerprint density at radius 2 is 1.82 bits per heavy atom. The van der Waals surface area contributed by atoms with Gasteiger partial charge in [0.25, 0.3) is 0 Å². The molecule has 17 heavy (non-hydrogen) atoms. The van der Waals surface area contributed by atoms with Crippen molar-refractivity contribution < 1.29 is 0 Å². The Morgan fingerprint density at radius 3 is 2.35 bits per heavy atom. The second-order valence-corrected chi connectivity index (χ2v) is 5.18. The number of benzene rings is 1. The average molecular weight is 274 g/mol. The Hall–Kier alpha value is -0.240. The van der Waals surface area contributed by atoms with Gasteiger partial charge in [0.1, 0.15) is 0 Å². The van der Waals surface area contributed by atoms with Gasteiger partial charge in [-0.15, -0.1) is 0 Å². The van der Waals surface area contributed by atoms with Crippen LogP contribution in [0.15, 0.2) is 18.2 Å². The van der Waals surface area contributed by atoms with Crippen molar-refractivity contribution in [1.82, 2.24) is 5.32 Å². The molecular weight excluding hydrogens is 253 g/mol. The summed E-state index contributed by atoms with van der Waals surface area (Å²) in [5, 5.41) is 4.98. The summed E-state index contributed by atoms with van der Waals surface area (Å²) in [5.74, 6) is 0.609. The van der Waals surface area contributed by atoms with Crippen LogP contribution in [0.5, 0.6) is 0 Å². The van der Waals surface area contributed by atoms with Gasteiger partial charge < -0.3 is 5.32 Å². The summed E-state index contributed by atoms with van der Waals surface area (Å²) >= 11 is 12.4. The number of hydrogen-bond donors (Lipinski definition) is 1. The molecule has 1 aromatic carbocycles. The van der Waals surface area contributed by atoms with Gasteiger partial charge in [-0.3, -0.25) is 0 Å². The Morgan fingerprint density at radius 1 is 1.18 bits per heavy atom. The van der Waals surface area contributed by atoms with Crippen molar-refractivity contribution >= 4 is 23.2 Å². The molecule has 1 unspecified atom stereocenters. The highest BCUT2D eigenvalue weighted by Crippen LogP contribution is 2.27. The lowest BCUT2D eigenvalue weighted by Gasteiger charge is -2.18. The highest BCUT2D eigenvalue weighted by atomic mass is 35.5. The zero-order chi connectivity index (χ0) is 12.7. The molecule has 0 amide bonds. The molecule has 1 aromatic rings. The van der Waals surface area contributed by atoms with Crippen LogP contribution in [0.1, 0.15) is 32.3 Å². The molecule has 1 N–H and O–H groups in total. The lowest BCUT2D eigenvalue weighted by Crippen LogP contribution is -2.24. The van der Waals surface area contributed by atoms with Crippen molar-refractivity contribution in [3.8, 4) is 0 Å². The predicted octanol–water partition coefficient (Wildman–Crippen LogP) is 4.56. The molecular formula is C14H21Cl2N. The van der Waals surface area contributed by atoms with Crippen LogP contribution >= 0.6 is 23.2 Å². The van der Waals surface area contributed by atoms with Gasteiger partial charge in [0.05, 0.1) is 0 Å². The number of nitrogens with one attached hydrogen (secondary N) is 1. The first-order valence-electron chi connectivity index (χ1n) is 6.32. The topological polar surface area (TPSA) is 12.0 Å². The van der Waals surface area contributed by atoms with Gasteiger partial charge in [-0.05, 0) is 49.5 Å². The SMILES string of the molecule is CCCC(CNCC)Cc1c(Cl)cccc1Cl. The molecule has 3 heteroatoms. The largest absolute Gasteiger partial charge is 0.317 e. The molecule has 1 nitrogen and oxygen atoms in total. The van der Waals surface area contributed by atoms with E-state index in [1.807, 2.05) is 18.2 Å². The quantitative estimate of drug-likeness (QED) is 0.768. The van der Waals surface area contributed by atoms with E-state index in [-0.39, 0.29) is 0 Å². The van der Waals surface area contributed by atoms with Crippen LogP contribution in [-0.2, 0) is 6.42 Å². The van der Waals surface area contributed by atoms with E-state index >= 15 is 0 Å². The number of rotatable bonds is 7. The van der Waals surface area contributed by atoms with Crippen LogP contribution < -0.4 is 5.32 Å². The maximum Gasteiger partial charge on any atom is 0.0452 e. The second kappa shape index (κ2) is 7.97. The van der Waals surface area contributed by atoms with E-state index in [0.717, 1.165) is 35.1 Å². The molecule has 0 radical (unpaired) electrons. The summed E-state index contributed by atoms with van der Waals surface area (Å²) in [5.41, 5.74) is 1.09. The first-order valence-corrected chi connectivity index (χ1v) is 7.08. The van der Waals surface area contributed by atoms with Gasteiger partial charge in [-0.25, -0.2) is 0 Å². The van der Waals surface area contributed by atoms with E-state index in [9.17, 15) is 0 Å². The minimum atomic E-state index is 0.609. The Kier molecular flexibility index (Phi) is 6.94. The first kappa shape index (κ1) is 14.8. The van der Waals surface area contributed by atoms with Crippen molar-refractivity contribution in [2.45, 2.75) is 33.1 Å². The fourth-order valence-electron chi connectivity index (χ4n) is 2.05. The molecule has 0 spiro atoms. The van der Waals surface area contributed by atoms with Crippen molar-refractivity contribution in [2.24, 2.45) is 5.92 Å². The fourth-order valence-corrected chi connectivity index (χ4v) is 2.60. The zero-order valence-electron chi connectivity index (χ0n) is 10.6. The Balaban J connectivity index is 2.70. The number of halogens is 2. The third-order valence-corrected chi connectivity index (χ3v) is 3.64. The predicted molar refractivity (Wildman–Crippen MR) is 77.1 cm³/mol. The van der Waals surface area contributed by atoms with Gasteiger partial charge in [-0.2, -0.15) is 0 Å². The summed E-state index contributed by atoms with van der Waals surface area (Å²) in [6, 6.07) is 5.73. The van der Waals surface area contributed by atoms with Crippen molar-refractivity contribution in [2.75, 3.05) is 13.1 Å². The molecule has 0 aromatic heterocycles. The van der Waals surface area contributed by atoms with Gasteiger partial charge in [0, 0.05) is 10.0 Å². The zero-order valence-corrected chi connectivity index (χ0v) is 12.1. The lowest BCUT2D eigenvalue weighted by molar-refractivity contribution is 0.444. The molecule has 0 aliphatic rings. The summed E-state index contributed by atoms with van der Waals surface area (Å²) in [6.45, 7) is 6.39. The van der Waals surface area contributed by atoms with Crippen molar-refractivity contribution in [1.29, 1.82) is 0 Å². The monoisotopic (exact) mass is 273 g/mol.